The molecule has 0 radical (unpaired) electrons. The third kappa shape index (κ3) is 3.88. The van der Waals surface area contributed by atoms with Gasteiger partial charge in [-0.15, -0.1) is 0 Å². The van der Waals surface area contributed by atoms with Crippen molar-refractivity contribution in [1.29, 1.82) is 0 Å². The number of hydrogen-bond acceptors (Lipinski definition) is 1. The lowest BCUT2D eigenvalue weighted by Gasteiger charge is -2.42. The summed E-state index contributed by atoms with van der Waals surface area (Å²) in [5.74, 6) is 2.99. The summed E-state index contributed by atoms with van der Waals surface area (Å²) in [6.45, 7) is 3.35. The van der Waals surface area contributed by atoms with Crippen molar-refractivity contribution in [2.24, 2.45) is 17.8 Å². The van der Waals surface area contributed by atoms with E-state index in [2.05, 4.69) is 42.6 Å². The van der Waals surface area contributed by atoms with Crippen LogP contribution in [-0.4, -0.2) is 12.6 Å². The van der Waals surface area contributed by atoms with Gasteiger partial charge in [0, 0.05) is 6.04 Å². The van der Waals surface area contributed by atoms with Crippen molar-refractivity contribution < 1.29 is 0 Å². The first-order valence-corrected chi connectivity index (χ1v) is 9.14. The van der Waals surface area contributed by atoms with E-state index in [1.165, 1.54) is 56.9 Å². The Balaban J connectivity index is 1.63. The molecule has 2 fully saturated rings. The third-order valence-corrected chi connectivity index (χ3v) is 5.91. The van der Waals surface area contributed by atoms with E-state index in [9.17, 15) is 0 Å². The molecule has 2 aliphatic rings. The Labute approximate surface area is 130 Å². The van der Waals surface area contributed by atoms with E-state index in [-0.39, 0.29) is 0 Å². The molecule has 1 aromatic rings. The summed E-state index contributed by atoms with van der Waals surface area (Å²) in [4.78, 5) is 0. The standard InChI is InChI=1S/C20H31N/c1-2-21-20(14-16-8-4-3-5-9-16)19-13-12-17-10-6-7-11-18(17)15-19/h3-5,8-9,17-21H,2,6-7,10-15H2,1H3. The van der Waals surface area contributed by atoms with Gasteiger partial charge in [-0.25, -0.2) is 0 Å². The summed E-state index contributed by atoms with van der Waals surface area (Å²) in [6, 6.07) is 11.7. The Hall–Kier alpha value is -0.820. The Morgan fingerprint density at radius 3 is 2.52 bits per heavy atom. The predicted octanol–water partition coefficient (Wildman–Crippen LogP) is 4.81. The normalized spacial score (nSPS) is 30.6. The van der Waals surface area contributed by atoms with Crippen LogP contribution in [0.4, 0.5) is 0 Å². The summed E-state index contributed by atoms with van der Waals surface area (Å²) in [6.07, 6.45) is 11.6. The maximum atomic E-state index is 3.80. The molecule has 0 aliphatic heterocycles. The highest BCUT2D eigenvalue weighted by molar-refractivity contribution is 5.16. The summed E-state index contributed by atoms with van der Waals surface area (Å²) >= 11 is 0. The molecule has 2 saturated carbocycles. The molecule has 1 heteroatoms. The van der Waals surface area contributed by atoms with Crippen molar-refractivity contribution in [2.75, 3.05) is 6.54 Å². The summed E-state index contributed by atoms with van der Waals surface area (Å²) < 4.78 is 0. The van der Waals surface area contributed by atoms with Gasteiger partial charge in [0.15, 0.2) is 0 Å². The number of fused-ring (bicyclic) bond motifs is 1. The molecule has 0 heterocycles. The average Bonchev–Trinajstić information content (AvgIpc) is 2.55. The van der Waals surface area contributed by atoms with E-state index in [0.29, 0.717) is 6.04 Å². The molecular weight excluding hydrogens is 254 g/mol. The maximum Gasteiger partial charge on any atom is 0.0136 e. The van der Waals surface area contributed by atoms with Crippen molar-refractivity contribution in [3.63, 3.8) is 0 Å². The summed E-state index contributed by atoms with van der Waals surface area (Å²) in [5, 5.41) is 3.80. The first kappa shape index (κ1) is 15.1. The van der Waals surface area contributed by atoms with E-state index in [0.717, 1.165) is 24.3 Å². The molecule has 1 nitrogen and oxygen atoms in total. The van der Waals surface area contributed by atoms with Crippen LogP contribution in [0.1, 0.15) is 57.4 Å². The molecule has 4 unspecified atom stereocenters. The minimum absolute atomic E-state index is 0.681. The van der Waals surface area contributed by atoms with Crippen LogP contribution in [0.25, 0.3) is 0 Å². The van der Waals surface area contributed by atoms with Crippen molar-refractivity contribution in [3.05, 3.63) is 35.9 Å². The van der Waals surface area contributed by atoms with E-state index in [1.54, 1.807) is 0 Å². The van der Waals surface area contributed by atoms with Crippen LogP contribution in [0.5, 0.6) is 0 Å². The zero-order valence-corrected chi connectivity index (χ0v) is 13.6. The summed E-state index contributed by atoms with van der Waals surface area (Å²) in [7, 11) is 0. The van der Waals surface area contributed by atoms with Crippen molar-refractivity contribution in [3.8, 4) is 0 Å². The van der Waals surface area contributed by atoms with Gasteiger partial charge in [-0.1, -0.05) is 62.9 Å². The number of likely N-dealkylation sites (N-methyl/N-ethyl adjacent to an activating group) is 1. The number of benzene rings is 1. The second-order valence-corrected chi connectivity index (χ2v) is 7.23. The molecule has 0 aromatic heterocycles. The second-order valence-electron chi connectivity index (χ2n) is 7.23. The molecule has 1 aromatic carbocycles. The van der Waals surface area contributed by atoms with E-state index < -0.39 is 0 Å². The zero-order chi connectivity index (χ0) is 14.5. The van der Waals surface area contributed by atoms with Crippen molar-refractivity contribution >= 4 is 0 Å². The van der Waals surface area contributed by atoms with Gasteiger partial charge in [-0.2, -0.15) is 0 Å². The summed E-state index contributed by atoms with van der Waals surface area (Å²) in [5.41, 5.74) is 1.49. The highest BCUT2D eigenvalue weighted by Gasteiger charge is 2.35. The van der Waals surface area contributed by atoms with Crippen LogP contribution in [0.3, 0.4) is 0 Å². The molecule has 2 aliphatic carbocycles. The van der Waals surface area contributed by atoms with Gasteiger partial charge in [0.25, 0.3) is 0 Å². The van der Waals surface area contributed by atoms with Gasteiger partial charge < -0.3 is 5.32 Å². The SMILES string of the molecule is CCNC(Cc1ccccc1)C1CCC2CCCCC2C1. The van der Waals surface area contributed by atoms with Crippen LogP contribution in [0, 0.1) is 17.8 Å². The minimum Gasteiger partial charge on any atom is -0.314 e. The van der Waals surface area contributed by atoms with Crippen molar-refractivity contribution in [1.82, 2.24) is 5.32 Å². The molecule has 0 saturated heterocycles. The number of hydrogen-bond donors (Lipinski definition) is 1. The number of rotatable bonds is 5. The van der Waals surface area contributed by atoms with Crippen LogP contribution in [-0.2, 0) is 6.42 Å². The Kier molecular flexibility index (Phi) is 5.35. The van der Waals surface area contributed by atoms with E-state index in [4.69, 9.17) is 0 Å². The molecule has 1 N–H and O–H groups in total. The van der Waals surface area contributed by atoms with Crippen molar-refractivity contribution in [2.45, 2.75) is 64.3 Å². The molecule has 116 valence electrons. The van der Waals surface area contributed by atoms with E-state index >= 15 is 0 Å². The highest BCUT2D eigenvalue weighted by Crippen LogP contribution is 2.43. The topological polar surface area (TPSA) is 12.0 Å². The van der Waals surface area contributed by atoms with Gasteiger partial charge in [-0.3, -0.25) is 0 Å². The Morgan fingerprint density at radius 2 is 1.76 bits per heavy atom. The molecule has 21 heavy (non-hydrogen) atoms. The Bertz CT molecular complexity index is 413. The zero-order valence-electron chi connectivity index (χ0n) is 13.6. The largest absolute Gasteiger partial charge is 0.314 e. The maximum absolute atomic E-state index is 3.80. The Morgan fingerprint density at radius 1 is 1.00 bits per heavy atom. The smallest absolute Gasteiger partial charge is 0.0136 e. The van der Waals surface area contributed by atoms with Crippen LogP contribution in [0.2, 0.25) is 0 Å². The molecule has 0 spiro atoms. The first-order valence-electron chi connectivity index (χ1n) is 9.14. The quantitative estimate of drug-likeness (QED) is 0.818. The fourth-order valence-electron chi connectivity index (χ4n) is 4.81. The number of nitrogens with one attached hydrogen (secondary N) is 1. The first-order chi connectivity index (χ1) is 10.4. The molecule has 4 atom stereocenters. The third-order valence-electron chi connectivity index (χ3n) is 5.91. The van der Waals surface area contributed by atoms with Gasteiger partial charge in [-0.05, 0) is 55.5 Å². The average molecular weight is 285 g/mol. The molecule has 3 rings (SSSR count). The highest BCUT2D eigenvalue weighted by atomic mass is 14.9. The molecule has 0 amide bonds. The van der Waals surface area contributed by atoms with Gasteiger partial charge >= 0.3 is 0 Å². The monoisotopic (exact) mass is 285 g/mol. The van der Waals surface area contributed by atoms with Crippen LogP contribution >= 0.6 is 0 Å². The van der Waals surface area contributed by atoms with Gasteiger partial charge in [0.05, 0.1) is 0 Å². The van der Waals surface area contributed by atoms with Gasteiger partial charge in [0.1, 0.15) is 0 Å². The molecule has 0 bridgehead atoms. The van der Waals surface area contributed by atoms with Crippen LogP contribution < -0.4 is 5.32 Å². The lowest BCUT2D eigenvalue weighted by atomic mass is 9.65. The predicted molar refractivity (Wildman–Crippen MR) is 90.4 cm³/mol. The van der Waals surface area contributed by atoms with Gasteiger partial charge in [0.2, 0.25) is 0 Å². The molecular formula is C20H31N. The minimum atomic E-state index is 0.681. The fraction of sp³-hybridized carbons (Fsp3) is 0.700. The lowest BCUT2D eigenvalue weighted by Crippen LogP contribution is -2.42. The van der Waals surface area contributed by atoms with Crippen LogP contribution in [0.15, 0.2) is 30.3 Å². The fourth-order valence-corrected chi connectivity index (χ4v) is 4.81. The van der Waals surface area contributed by atoms with E-state index in [1.807, 2.05) is 0 Å². The lowest BCUT2D eigenvalue weighted by molar-refractivity contribution is 0.109. The second kappa shape index (κ2) is 7.45.